The number of benzene rings is 2. The van der Waals surface area contributed by atoms with E-state index in [9.17, 15) is 14.4 Å². The molecule has 1 aliphatic rings. The van der Waals surface area contributed by atoms with E-state index in [1.54, 1.807) is 42.5 Å². The van der Waals surface area contributed by atoms with Crippen LogP contribution in [-0.2, 0) is 14.4 Å². The molecule has 0 saturated heterocycles. The average Bonchev–Trinajstić information content (AvgIpc) is 2.78. The largest absolute Gasteiger partial charge is 0.326 e. The molecule has 25 heavy (non-hydrogen) atoms. The highest BCUT2D eigenvalue weighted by Crippen LogP contribution is 2.35. The van der Waals surface area contributed by atoms with E-state index in [2.05, 4.69) is 5.32 Å². The second kappa shape index (κ2) is 6.53. The van der Waals surface area contributed by atoms with Crippen molar-refractivity contribution >= 4 is 46.3 Å². The van der Waals surface area contributed by atoms with Crippen molar-refractivity contribution in [3.8, 4) is 0 Å². The first kappa shape index (κ1) is 16.9. The Bertz CT molecular complexity index is 917. The minimum atomic E-state index is -0.543. The summed E-state index contributed by atoms with van der Waals surface area (Å²) < 4.78 is 0. The van der Waals surface area contributed by atoms with Gasteiger partial charge in [0.25, 0.3) is 11.8 Å². The molecule has 1 heterocycles. The molecule has 2 aromatic carbocycles. The molecule has 0 aromatic heterocycles. The van der Waals surface area contributed by atoms with E-state index < -0.39 is 11.8 Å². The number of rotatable bonds is 3. The third-order valence-electron chi connectivity index (χ3n) is 3.78. The molecule has 0 atom stereocenters. The van der Waals surface area contributed by atoms with Crippen LogP contribution in [0.4, 0.5) is 11.4 Å². The van der Waals surface area contributed by atoms with Crippen LogP contribution in [0.15, 0.2) is 53.6 Å². The summed E-state index contributed by atoms with van der Waals surface area (Å²) in [5, 5.41) is 2.53. The number of carbonyl (C=O) groups is 3. The first-order valence-corrected chi connectivity index (χ1v) is 7.99. The lowest BCUT2D eigenvalue weighted by Gasteiger charge is -2.15. The molecule has 5 nitrogen and oxygen atoms in total. The fourth-order valence-electron chi connectivity index (χ4n) is 2.68. The quantitative estimate of drug-likeness (QED) is 0.858. The van der Waals surface area contributed by atoms with Gasteiger partial charge in [0.1, 0.15) is 5.03 Å². The number of hydrogen-bond acceptors (Lipinski definition) is 3. The molecular weight excluding hydrogens is 340 g/mol. The van der Waals surface area contributed by atoms with Gasteiger partial charge in [-0.2, -0.15) is 0 Å². The highest BCUT2D eigenvalue weighted by molar-refractivity contribution is 6.60. The Kier molecular flexibility index (Phi) is 4.42. The van der Waals surface area contributed by atoms with Gasteiger partial charge in [0, 0.05) is 12.6 Å². The maximum atomic E-state index is 12.8. The Morgan fingerprint density at radius 3 is 2.32 bits per heavy atom. The summed E-state index contributed by atoms with van der Waals surface area (Å²) in [4.78, 5) is 37.4. The Hall–Kier alpha value is -2.92. The lowest BCUT2D eigenvalue weighted by molar-refractivity contribution is -0.120. The minimum absolute atomic E-state index is 0.112. The molecule has 0 radical (unpaired) electrons. The Morgan fingerprint density at radius 2 is 1.72 bits per heavy atom. The first-order chi connectivity index (χ1) is 11.9. The maximum absolute atomic E-state index is 12.8. The van der Waals surface area contributed by atoms with Crippen molar-refractivity contribution in [3.63, 3.8) is 0 Å². The van der Waals surface area contributed by atoms with Gasteiger partial charge in [0.15, 0.2) is 0 Å². The van der Waals surface area contributed by atoms with Crippen LogP contribution in [-0.4, -0.2) is 17.7 Å². The van der Waals surface area contributed by atoms with Crippen molar-refractivity contribution in [1.29, 1.82) is 0 Å². The molecule has 0 bridgehead atoms. The Balaban J connectivity index is 1.96. The van der Waals surface area contributed by atoms with Crippen LogP contribution in [0, 0.1) is 6.92 Å². The summed E-state index contributed by atoms with van der Waals surface area (Å²) in [7, 11) is 0. The fourth-order valence-corrected chi connectivity index (χ4v) is 2.95. The van der Waals surface area contributed by atoms with E-state index in [1.807, 2.05) is 13.0 Å². The number of nitrogens with zero attached hydrogens (tertiary/aromatic N) is 1. The maximum Gasteiger partial charge on any atom is 0.277 e. The first-order valence-electron chi connectivity index (χ1n) is 7.61. The molecule has 6 heteroatoms. The number of hydrogen-bond donors (Lipinski definition) is 1. The number of nitrogens with one attached hydrogen (secondary N) is 1. The van der Waals surface area contributed by atoms with Gasteiger partial charge in [-0.3, -0.25) is 14.4 Å². The molecule has 0 unspecified atom stereocenters. The van der Waals surface area contributed by atoms with Crippen LogP contribution in [0.5, 0.6) is 0 Å². The van der Waals surface area contributed by atoms with Crippen LogP contribution >= 0.6 is 11.6 Å². The highest BCUT2D eigenvalue weighted by atomic mass is 35.5. The predicted molar refractivity (Wildman–Crippen MR) is 97.2 cm³/mol. The Labute approximate surface area is 149 Å². The summed E-state index contributed by atoms with van der Waals surface area (Å²) >= 11 is 6.16. The van der Waals surface area contributed by atoms with Crippen LogP contribution < -0.4 is 10.2 Å². The molecule has 3 rings (SSSR count). The molecular formula is C19H15ClN2O3. The van der Waals surface area contributed by atoms with E-state index in [4.69, 9.17) is 11.6 Å². The summed E-state index contributed by atoms with van der Waals surface area (Å²) in [5.41, 5.74) is 2.69. The summed E-state index contributed by atoms with van der Waals surface area (Å²) in [6, 6.07) is 13.7. The van der Waals surface area contributed by atoms with Crippen molar-refractivity contribution in [2.24, 2.45) is 0 Å². The molecule has 0 spiro atoms. The lowest BCUT2D eigenvalue weighted by atomic mass is 10.1. The Morgan fingerprint density at radius 1 is 1.04 bits per heavy atom. The van der Waals surface area contributed by atoms with E-state index in [-0.39, 0.29) is 16.5 Å². The second-order valence-corrected chi connectivity index (χ2v) is 6.11. The highest BCUT2D eigenvalue weighted by Gasteiger charge is 2.39. The van der Waals surface area contributed by atoms with Gasteiger partial charge >= 0.3 is 0 Å². The van der Waals surface area contributed by atoms with Gasteiger partial charge < -0.3 is 5.32 Å². The zero-order valence-electron chi connectivity index (χ0n) is 13.7. The third-order valence-corrected chi connectivity index (χ3v) is 4.13. The number of carbonyl (C=O) groups excluding carboxylic acids is 3. The van der Waals surface area contributed by atoms with Crippen LogP contribution in [0.3, 0.4) is 0 Å². The standard InChI is InChI=1S/C19H15ClN2O3/c1-11-4-3-5-15(10-11)22-18(24)16(17(20)19(22)25)13-6-8-14(9-7-13)21-12(2)23/h3-10H,1-2H3,(H,21,23). The summed E-state index contributed by atoms with van der Waals surface area (Å²) in [6.07, 6.45) is 0. The molecule has 0 aliphatic carbocycles. The summed E-state index contributed by atoms with van der Waals surface area (Å²) in [5.74, 6) is -1.20. The van der Waals surface area contributed by atoms with Crippen molar-refractivity contribution in [3.05, 3.63) is 64.7 Å². The van der Waals surface area contributed by atoms with E-state index in [0.717, 1.165) is 10.5 Å². The molecule has 3 amide bonds. The molecule has 1 N–H and O–H groups in total. The molecule has 0 fully saturated rings. The molecule has 126 valence electrons. The van der Waals surface area contributed by atoms with Crippen molar-refractivity contribution < 1.29 is 14.4 Å². The van der Waals surface area contributed by atoms with Crippen molar-refractivity contribution in [1.82, 2.24) is 0 Å². The van der Waals surface area contributed by atoms with Crippen LogP contribution in [0.25, 0.3) is 5.57 Å². The number of amides is 3. The predicted octanol–water partition coefficient (Wildman–Crippen LogP) is 3.48. The minimum Gasteiger partial charge on any atom is -0.326 e. The normalized spacial score (nSPS) is 14.3. The fraction of sp³-hybridized carbons (Fsp3) is 0.105. The van der Waals surface area contributed by atoms with E-state index >= 15 is 0 Å². The monoisotopic (exact) mass is 354 g/mol. The lowest BCUT2D eigenvalue weighted by Crippen LogP contribution is -2.31. The molecule has 1 aliphatic heterocycles. The second-order valence-electron chi connectivity index (χ2n) is 5.73. The third kappa shape index (κ3) is 3.19. The average molecular weight is 355 g/mol. The van der Waals surface area contributed by atoms with Gasteiger partial charge in [-0.1, -0.05) is 35.9 Å². The molecule has 2 aromatic rings. The van der Waals surface area contributed by atoms with Gasteiger partial charge in [-0.25, -0.2) is 4.90 Å². The number of anilines is 2. The topological polar surface area (TPSA) is 66.5 Å². The van der Waals surface area contributed by atoms with Crippen molar-refractivity contribution in [2.45, 2.75) is 13.8 Å². The van der Waals surface area contributed by atoms with Crippen LogP contribution in [0.2, 0.25) is 0 Å². The number of halogens is 1. The number of imide groups is 1. The SMILES string of the molecule is CC(=O)Nc1ccc(C2=C(Cl)C(=O)N(c3cccc(C)c3)C2=O)cc1. The molecule has 0 saturated carbocycles. The van der Waals surface area contributed by atoms with E-state index in [1.165, 1.54) is 6.92 Å². The van der Waals surface area contributed by atoms with E-state index in [0.29, 0.717) is 16.9 Å². The van der Waals surface area contributed by atoms with Gasteiger partial charge in [0.2, 0.25) is 5.91 Å². The van der Waals surface area contributed by atoms with Crippen molar-refractivity contribution in [2.75, 3.05) is 10.2 Å². The zero-order valence-corrected chi connectivity index (χ0v) is 14.4. The summed E-state index contributed by atoms with van der Waals surface area (Å²) in [6.45, 7) is 3.29. The van der Waals surface area contributed by atoms with Crippen LogP contribution in [0.1, 0.15) is 18.1 Å². The van der Waals surface area contributed by atoms with Gasteiger partial charge in [-0.15, -0.1) is 0 Å². The zero-order chi connectivity index (χ0) is 18.1. The van der Waals surface area contributed by atoms with Gasteiger partial charge in [-0.05, 0) is 42.3 Å². The number of aryl methyl sites for hydroxylation is 1. The smallest absolute Gasteiger partial charge is 0.277 e. The van der Waals surface area contributed by atoms with Gasteiger partial charge in [0.05, 0.1) is 11.3 Å².